The molecule has 108 valence electrons. The molecule has 0 spiro atoms. The lowest BCUT2D eigenvalue weighted by Crippen LogP contribution is -2.43. The van der Waals surface area contributed by atoms with E-state index in [1.807, 2.05) is 24.3 Å². The summed E-state index contributed by atoms with van der Waals surface area (Å²) >= 11 is 0. The molecule has 2 saturated heterocycles. The van der Waals surface area contributed by atoms with Gasteiger partial charge < -0.3 is 11.1 Å². The van der Waals surface area contributed by atoms with Gasteiger partial charge in [0.05, 0.1) is 0 Å². The predicted molar refractivity (Wildman–Crippen MR) is 79.4 cm³/mol. The summed E-state index contributed by atoms with van der Waals surface area (Å²) in [6, 6.07) is 8.95. The Morgan fingerprint density at radius 3 is 2.90 bits per heavy atom. The van der Waals surface area contributed by atoms with Gasteiger partial charge >= 0.3 is 0 Å². The van der Waals surface area contributed by atoms with Crippen LogP contribution in [0.5, 0.6) is 0 Å². The SMILES string of the molecule is NC(=O)c1ccccc1CN1CCCC1C1CCCN1. The molecule has 2 aliphatic rings. The van der Waals surface area contributed by atoms with Crippen LogP contribution in [-0.4, -0.2) is 36.0 Å². The van der Waals surface area contributed by atoms with E-state index >= 15 is 0 Å². The van der Waals surface area contributed by atoms with Gasteiger partial charge in [-0.15, -0.1) is 0 Å². The van der Waals surface area contributed by atoms with Crippen LogP contribution in [0.3, 0.4) is 0 Å². The number of benzene rings is 1. The molecule has 2 atom stereocenters. The molecule has 0 radical (unpaired) electrons. The van der Waals surface area contributed by atoms with Gasteiger partial charge in [0.15, 0.2) is 0 Å². The first-order valence-corrected chi connectivity index (χ1v) is 7.61. The van der Waals surface area contributed by atoms with Crippen molar-refractivity contribution in [1.29, 1.82) is 0 Å². The van der Waals surface area contributed by atoms with Crippen molar-refractivity contribution in [3.05, 3.63) is 35.4 Å². The van der Waals surface area contributed by atoms with Gasteiger partial charge in [0, 0.05) is 24.2 Å². The molecule has 4 nitrogen and oxygen atoms in total. The number of hydrogen-bond donors (Lipinski definition) is 2. The van der Waals surface area contributed by atoms with Crippen molar-refractivity contribution in [3.63, 3.8) is 0 Å². The third kappa shape index (κ3) is 2.72. The fourth-order valence-electron chi connectivity index (χ4n) is 3.66. The Kier molecular flexibility index (Phi) is 4.03. The lowest BCUT2D eigenvalue weighted by molar-refractivity contribution is 0.0997. The molecule has 2 unspecified atom stereocenters. The van der Waals surface area contributed by atoms with Crippen LogP contribution in [0.1, 0.15) is 41.6 Å². The average Bonchev–Trinajstić information content (AvgIpc) is 3.09. The first-order valence-electron chi connectivity index (χ1n) is 7.61. The van der Waals surface area contributed by atoms with Crippen LogP contribution < -0.4 is 11.1 Å². The molecule has 0 bridgehead atoms. The summed E-state index contributed by atoms with van der Waals surface area (Å²) in [5.41, 5.74) is 7.20. The van der Waals surface area contributed by atoms with Gasteiger partial charge in [0.1, 0.15) is 0 Å². The van der Waals surface area contributed by atoms with Crippen LogP contribution in [0.15, 0.2) is 24.3 Å². The monoisotopic (exact) mass is 273 g/mol. The van der Waals surface area contributed by atoms with Crippen molar-refractivity contribution in [3.8, 4) is 0 Å². The molecule has 20 heavy (non-hydrogen) atoms. The van der Waals surface area contributed by atoms with Crippen molar-refractivity contribution in [2.45, 2.75) is 44.3 Å². The van der Waals surface area contributed by atoms with Crippen LogP contribution in [0.2, 0.25) is 0 Å². The van der Waals surface area contributed by atoms with Crippen LogP contribution in [-0.2, 0) is 6.54 Å². The number of likely N-dealkylation sites (tertiary alicyclic amines) is 1. The molecule has 4 heteroatoms. The maximum Gasteiger partial charge on any atom is 0.249 e. The Balaban J connectivity index is 1.75. The van der Waals surface area contributed by atoms with Gasteiger partial charge in [-0.3, -0.25) is 9.69 Å². The smallest absolute Gasteiger partial charge is 0.249 e. The highest BCUT2D eigenvalue weighted by Gasteiger charge is 2.33. The quantitative estimate of drug-likeness (QED) is 0.874. The summed E-state index contributed by atoms with van der Waals surface area (Å²) in [6.45, 7) is 3.10. The zero-order chi connectivity index (χ0) is 13.9. The van der Waals surface area contributed by atoms with E-state index in [9.17, 15) is 4.79 Å². The Morgan fingerprint density at radius 1 is 1.30 bits per heavy atom. The van der Waals surface area contributed by atoms with Crippen LogP contribution in [0, 0.1) is 0 Å². The fraction of sp³-hybridized carbons (Fsp3) is 0.562. The van der Waals surface area contributed by atoms with E-state index in [0.29, 0.717) is 17.6 Å². The van der Waals surface area contributed by atoms with E-state index in [2.05, 4.69) is 10.2 Å². The maximum atomic E-state index is 11.5. The van der Waals surface area contributed by atoms with E-state index in [4.69, 9.17) is 5.73 Å². The Morgan fingerprint density at radius 2 is 2.15 bits per heavy atom. The third-order valence-electron chi connectivity index (χ3n) is 4.63. The van der Waals surface area contributed by atoms with Crippen molar-refractivity contribution in [2.24, 2.45) is 5.73 Å². The summed E-state index contributed by atoms with van der Waals surface area (Å²) < 4.78 is 0. The van der Waals surface area contributed by atoms with Crippen LogP contribution in [0.25, 0.3) is 0 Å². The molecule has 2 fully saturated rings. The van der Waals surface area contributed by atoms with E-state index in [0.717, 1.165) is 25.2 Å². The molecule has 2 aliphatic heterocycles. The highest BCUT2D eigenvalue weighted by Crippen LogP contribution is 2.27. The zero-order valence-electron chi connectivity index (χ0n) is 11.8. The number of carbonyl (C=O) groups excluding carboxylic acids is 1. The second kappa shape index (κ2) is 5.94. The second-order valence-electron chi connectivity index (χ2n) is 5.90. The topological polar surface area (TPSA) is 58.4 Å². The summed E-state index contributed by atoms with van der Waals surface area (Å²) in [4.78, 5) is 14.0. The molecular formula is C16H23N3O. The minimum atomic E-state index is -0.324. The average molecular weight is 273 g/mol. The van der Waals surface area contributed by atoms with Gasteiger partial charge in [-0.2, -0.15) is 0 Å². The molecule has 3 rings (SSSR count). The first kappa shape index (κ1) is 13.6. The number of amides is 1. The summed E-state index contributed by atoms with van der Waals surface area (Å²) in [6.07, 6.45) is 5.07. The van der Waals surface area contributed by atoms with Crippen molar-refractivity contribution in [1.82, 2.24) is 10.2 Å². The van der Waals surface area contributed by atoms with E-state index in [1.54, 1.807) is 0 Å². The largest absolute Gasteiger partial charge is 0.366 e. The van der Waals surface area contributed by atoms with E-state index in [-0.39, 0.29) is 5.91 Å². The Hall–Kier alpha value is -1.39. The molecule has 2 heterocycles. The van der Waals surface area contributed by atoms with Crippen molar-refractivity contribution in [2.75, 3.05) is 13.1 Å². The van der Waals surface area contributed by atoms with Crippen LogP contribution >= 0.6 is 0 Å². The number of carbonyl (C=O) groups is 1. The van der Waals surface area contributed by atoms with Crippen molar-refractivity contribution < 1.29 is 4.79 Å². The molecule has 0 saturated carbocycles. The lowest BCUT2D eigenvalue weighted by atomic mass is 10.0. The molecule has 1 amide bonds. The highest BCUT2D eigenvalue weighted by molar-refractivity contribution is 5.94. The standard InChI is InChI=1S/C16H23N3O/c17-16(20)13-6-2-1-5-12(13)11-19-10-4-8-15(19)14-7-3-9-18-14/h1-2,5-6,14-15,18H,3-4,7-11H2,(H2,17,20). The molecule has 3 N–H and O–H groups in total. The van der Waals surface area contributed by atoms with Gasteiger partial charge in [0.2, 0.25) is 5.91 Å². The number of nitrogens with one attached hydrogen (secondary N) is 1. The number of nitrogens with zero attached hydrogens (tertiary/aromatic N) is 1. The summed E-state index contributed by atoms with van der Waals surface area (Å²) in [5.74, 6) is -0.324. The molecular weight excluding hydrogens is 250 g/mol. The molecule has 0 aliphatic carbocycles. The van der Waals surface area contributed by atoms with Gasteiger partial charge in [0.25, 0.3) is 0 Å². The van der Waals surface area contributed by atoms with E-state index in [1.165, 1.54) is 25.7 Å². The number of primary amides is 1. The number of rotatable bonds is 4. The Labute approximate surface area is 120 Å². The predicted octanol–water partition coefficient (Wildman–Crippen LogP) is 1.50. The number of hydrogen-bond acceptors (Lipinski definition) is 3. The maximum absolute atomic E-state index is 11.5. The van der Waals surface area contributed by atoms with E-state index < -0.39 is 0 Å². The molecule has 1 aromatic rings. The minimum absolute atomic E-state index is 0.324. The van der Waals surface area contributed by atoms with Gasteiger partial charge in [-0.25, -0.2) is 0 Å². The summed E-state index contributed by atoms with van der Waals surface area (Å²) in [5, 5.41) is 3.62. The normalized spacial score (nSPS) is 27.0. The molecule has 1 aromatic carbocycles. The fourth-order valence-corrected chi connectivity index (χ4v) is 3.66. The minimum Gasteiger partial charge on any atom is -0.366 e. The van der Waals surface area contributed by atoms with Crippen molar-refractivity contribution >= 4 is 5.91 Å². The number of nitrogens with two attached hydrogens (primary N) is 1. The van der Waals surface area contributed by atoms with Gasteiger partial charge in [-0.1, -0.05) is 18.2 Å². The zero-order valence-corrected chi connectivity index (χ0v) is 11.8. The highest BCUT2D eigenvalue weighted by atomic mass is 16.1. The Bertz CT molecular complexity index is 482. The van der Waals surface area contributed by atoms with Gasteiger partial charge in [-0.05, 0) is 50.4 Å². The summed E-state index contributed by atoms with van der Waals surface area (Å²) in [7, 11) is 0. The van der Waals surface area contributed by atoms with Crippen LogP contribution in [0.4, 0.5) is 0 Å². The third-order valence-corrected chi connectivity index (χ3v) is 4.63. The molecule has 0 aromatic heterocycles. The first-order chi connectivity index (χ1) is 9.75. The second-order valence-corrected chi connectivity index (χ2v) is 5.90. The lowest BCUT2D eigenvalue weighted by Gasteiger charge is -2.30.